The van der Waals surface area contributed by atoms with Crippen molar-refractivity contribution in [3.05, 3.63) is 193 Å². The first-order valence-electron chi connectivity index (χ1n) is 18.0. The predicted octanol–water partition coefficient (Wildman–Crippen LogP) is 12.6. The highest BCUT2D eigenvalue weighted by Gasteiger charge is 2.17. The number of nitriles is 2. The van der Waals surface area contributed by atoms with Gasteiger partial charge in [0.1, 0.15) is 0 Å². The number of rotatable bonds is 5. The molecule has 0 saturated heterocycles. The SMILES string of the molecule is N#Cc1ccc(-c2ccc3c(c2)c2cc(-c4ccc5c(c4)c4cc(-c6ccc(C#N)cc6)ccc4n5-c4ccccc4)ccc2n3-c2ccccc2)cc1. The highest BCUT2D eigenvalue weighted by molar-refractivity contribution is 6.14. The van der Waals surface area contributed by atoms with E-state index in [1.54, 1.807) is 0 Å². The molecule has 0 aliphatic heterocycles. The van der Waals surface area contributed by atoms with Crippen molar-refractivity contribution in [1.29, 1.82) is 10.5 Å². The number of fused-ring (bicyclic) bond motifs is 6. The molecule has 0 radical (unpaired) electrons. The average Bonchev–Trinajstić information content (AvgIpc) is 3.75. The van der Waals surface area contributed by atoms with Crippen LogP contribution in [0.5, 0.6) is 0 Å². The zero-order valence-electron chi connectivity index (χ0n) is 29.1. The van der Waals surface area contributed by atoms with E-state index in [2.05, 4.69) is 155 Å². The van der Waals surface area contributed by atoms with Gasteiger partial charge in [-0.25, -0.2) is 0 Å². The summed E-state index contributed by atoms with van der Waals surface area (Å²) in [6, 6.07) is 68.1. The molecule has 0 atom stereocenters. The molecule has 2 aromatic heterocycles. The van der Waals surface area contributed by atoms with Crippen molar-refractivity contribution in [2.45, 2.75) is 0 Å². The van der Waals surface area contributed by atoms with E-state index in [1.807, 2.05) is 48.5 Å². The predicted molar refractivity (Wildman–Crippen MR) is 221 cm³/mol. The molecule has 8 aromatic carbocycles. The lowest BCUT2D eigenvalue weighted by Crippen LogP contribution is -1.93. The van der Waals surface area contributed by atoms with Crippen LogP contribution in [0.2, 0.25) is 0 Å². The molecule has 2 heterocycles. The molecule has 0 aliphatic rings. The van der Waals surface area contributed by atoms with Gasteiger partial charge >= 0.3 is 0 Å². The summed E-state index contributed by atoms with van der Waals surface area (Å²) < 4.78 is 4.69. The van der Waals surface area contributed by atoms with Crippen LogP contribution in [0.15, 0.2) is 182 Å². The monoisotopic (exact) mass is 686 g/mol. The lowest BCUT2D eigenvalue weighted by atomic mass is 9.98. The van der Waals surface area contributed by atoms with Crippen molar-refractivity contribution in [3.8, 4) is 56.9 Å². The normalized spacial score (nSPS) is 11.3. The Bertz CT molecular complexity index is 2920. The summed E-state index contributed by atoms with van der Waals surface area (Å²) in [6.45, 7) is 0. The maximum atomic E-state index is 9.37. The van der Waals surface area contributed by atoms with Crippen LogP contribution in [0.1, 0.15) is 11.1 Å². The van der Waals surface area contributed by atoms with Crippen molar-refractivity contribution in [2.24, 2.45) is 0 Å². The summed E-state index contributed by atoms with van der Waals surface area (Å²) in [4.78, 5) is 0. The largest absolute Gasteiger partial charge is 0.309 e. The summed E-state index contributed by atoms with van der Waals surface area (Å²) in [7, 11) is 0. The zero-order chi connectivity index (χ0) is 36.2. The first-order valence-corrected chi connectivity index (χ1v) is 18.0. The molecule has 10 rings (SSSR count). The fourth-order valence-corrected chi connectivity index (χ4v) is 7.95. The number of para-hydroxylation sites is 2. The maximum Gasteiger partial charge on any atom is 0.0991 e. The summed E-state index contributed by atoms with van der Waals surface area (Å²) in [6.07, 6.45) is 0. The van der Waals surface area contributed by atoms with E-state index in [-0.39, 0.29) is 0 Å². The molecule has 0 bridgehead atoms. The smallest absolute Gasteiger partial charge is 0.0991 e. The second-order valence-electron chi connectivity index (χ2n) is 13.6. The standard InChI is InChI=1S/C50H30N4/c51-31-33-11-15-35(16-12-33)37-19-23-47-43(27-37)45-29-39(21-25-49(45)53(47)41-7-3-1-4-8-41)40-22-26-50-46(30-40)44-28-38(36-17-13-34(32-52)14-18-36)20-24-48(44)54(50)42-9-5-2-6-10-42/h1-30H. The molecule has 4 heteroatoms. The zero-order valence-corrected chi connectivity index (χ0v) is 29.1. The van der Waals surface area contributed by atoms with Crippen molar-refractivity contribution < 1.29 is 0 Å². The minimum absolute atomic E-state index is 0.652. The number of aromatic nitrogens is 2. The molecule has 0 aliphatic carbocycles. The number of hydrogen-bond acceptors (Lipinski definition) is 2. The van der Waals surface area contributed by atoms with Crippen LogP contribution in [0.3, 0.4) is 0 Å². The van der Waals surface area contributed by atoms with E-state index in [4.69, 9.17) is 0 Å². The van der Waals surface area contributed by atoms with Gasteiger partial charge in [0.05, 0.1) is 45.3 Å². The summed E-state index contributed by atoms with van der Waals surface area (Å²) >= 11 is 0. The summed E-state index contributed by atoms with van der Waals surface area (Å²) in [5.41, 5.74) is 14.8. The summed E-state index contributed by atoms with van der Waals surface area (Å²) in [5, 5.41) is 23.4. The molecule has 10 aromatic rings. The third-order valence-electron chi connectivity index (χ3n) is 10.6. The second kappa shape index (κ2) is 12.5. The Labute approximate surface area is 312 Å². The van der Waals surface area contributed by atoms with Gasteiger partial charge in [-0.05, 0) is 130 Å². The molecule has 4 nitrogen and oxygen atoms in total. The molecule has 0 N–H and O–H groups in total. The Morgan fingerprint density at radius 3 is 0.870 bits per heavy atom. The highest BCUT2D eigenvalue weighted by Crippen LogP contribution is 2.40. The molecule has 0 fully saturated rings. The first kappa shape index (κ1) is 31.1. The Morgan fingerprint density at radius 2 is 0.574 bits per heavy atom. The van der Waals surface area contributed by atoms with Crippen molar-refractivity contribution in [2.75, 3.05) is 0 Å². The Morgan fingerprint density at radius 1 is 0.296 bits per heavy atom. The fourth-order valence-electron chi connectivity index (χ4n) is 7.95. The summed E-state index contributed by atoms with van der Waals surface area (Å²) in [5.74, 6) is 0. The van der Waals surface area contributed by atoms with E-state index in [1.165, 1.54) is 21.5 Å². The highest BCUT2D eigenvalue weighted by atomic mass is 15.0. The van der Waals surface area contributed by atoms with Crippen LogP contribution >= 0.6 is 0 Å². The molecule has 0 spiro atoms. The van der Waals surface area contributed by atoms with Crippen LogP contribution < -0.4 is 0 Å². The lowest BCUT2D eigenvalue weighted by molar-refractivity contribution is 1.18. The van der Waals surface area contributed by atoms with Crippen LogP contribution in [0, 0.1) is 22.7 Å². The Kier molecular flexibility index (Phi) is 7.22. The van der Waals surface area contributed by atoms with Gasteiger partial charge in [-0.1, -0.05) is 84.9 Å². The molecular weight excluding hydrogens is 657 g/mol. The van der Waals surface area contributed by atoms with Gasteiger partial charge in [-0.3, -0.25) is 0 Å². The number of benzene rings is 8. The van der Waals surface area contributed by atoms with Crippen LogP contribution in [-0.2, 0) is 0 Å². The van der Waals surface area contributed by atoms with Gasteiger partial charge in [-0.15, -0.1) is 0 Å². The third kappa shape index (κ3) is 5.06. The van der Waals surface area contributed by atoms with E-state index < -0.39 is 0 Å². The van der Waals surface area contributed by atoms with Gasteiger partial charge in [0.25, 0.3) is 0 Å². The van der Waals surface area contributed by atoms with Gasteiger partial charge in [0.2, 0.25) is 0 Å². The van der Waals surface area contributed by atoms with Crippen molar-refractivity contribution in [1.82, 2.24) is 9.13 Å². The van der Waals surface area contributed by atoms with E-state index in [9.17, 15) is 10.5 Å². The molecule has 250 valence electrons. The van der Waals surface area contributed by atoms with Gasteiger partial charge in [0, 0.05) is 32.9 Å². The fraction of sp³-hybridized carbons (Fsp3) is 0. The van der Waals surface area contributed by atoms with Crippen molar-refractivity contribution in [3.63, 3.8) is 0 Å². The van der Waals surface area contributed by atoms with Crippen LogP contribution in [0.4, 0.5) is 0 Å². The van der Waals surface area contributed by atoms with E-state index in [0.29, 0.717) is 11.1 Å². The van der Waals surface area contributed by atoms with Crippen molar-refractivity contribution >= 4 is 43.6 Å². The van der Waals surface area contributed by atoms with Gasteiger partial charge < -0.3 is 9.13 Å². The van der Waals surface area contributed by atoms with Gasteiger partial charge in [-0.2, -0.15) is 10.5 Å². The first-order chi connectivity index (χ1) is 26.7. The maximum absolute atomic E-state index is 9.37. The lowest BCUT2D eigenvalue weighted by Gasteiger charge is -2.09. The van der Waals surface area contributed by atoms with E-state index >= 15 is 0 Å². The molecule has 54 heavy (non-hydrogen) atoms. The quantitative estimate of drug-likeness (QED) is 0.181. The minimum atomic E-state index is 0.652. The Hall–Kier alpha value is -7.66. The van der Waals surface area contributed by atoms with Crippen LogP contribution in [0.25, 0.3) is 88.4 Å². The molecule has 0 unspecified atom stereocenters. The van der Waals surface area contributed by atoms with Gasteiger partial charge in [0.15, 0.2) is 0 Å². The number of nitrogens with zero attached hydrogens (tertiary/aromatic N) is 4. The second-order valence-corrected chi connectivity index (χ2v) is 13.6. The molecule has 0 saturated carbocycles. The minimum Gasteiger partial charge on any atom is -0.309 e. The third-order valence-corrected chi connectivity index (χ3v) is 10.6. The molecular formula is C50H30N4. The van der Waals surface area contributed by atoms with Crippen LogP contribution in [-0.4, -0.2) is 9.13 Å². The van der Waals surface area contributed by atoms with E-state index in [0.717, 1.165) is 66.8 Å². The average molecular weight is 687 g/mol. The topological polar surface area (TPSA) is 57.4 Å². The Balaban J connectivity index is 1.18. The molecule has 0 amide bonds. The number of hydrogen-bond donors (Lipinski definition) is 0.